The van der Waals surface area contributed by atoms with Gasteiger partial charge in [0.05, 0.1) is 6.04 Å². The summed E-state index contributed by atoms with van der Waals surface area (Å²) in [5, 5.41) is 1.44. The molecule has 2 aliphatic carbocycles. The minimum absolute atomic E-state index is 0.0283. The van der Waals surface area contributed by atoms with Gasteiger partial charge in [0, 0.05) is 22.0 Å². The molecule has 2 aromatic rings. The molecule has 1 heterocycles. The van der Waals surface area contributed by atoms with Crippen LogP contribution in [0.2, 0.25) is 10.0 Å². The molecule has 0 bridgehead atoms. The molecule has 28 heavy (non-hydrogen) atoms. The number of amides is 1. The van der Waals surface area contributed by atoms with E-state index in [1.807, 2.05) is 30.3 Å². The molecule has 1 aliphatic heterocycles. The molecule has 0 radical (unpaired) electrons. The molecule has 0 N–H and O–H groups in total. The molecule has 2 atom stereocenters. The van der Waals surface area contributed by atoms with E-state index in [9.17, 15) is 4.79 Å². The van der Waals surface area contributed by atoms with Crippen molar-refractivity contribution in [2.75, 3.05) is 0 Å². The lowest BCUT2D eigenvalue weighted by molar-refractivity contribution is -0.133. The van der Waals surface area contributed by atoms with Crippen LogP contribution in [0.25, 0.3) is 0 Å². The first-order chi connectivity index (χ1) is 13.6. The van der Waals surface area contributed by atoms with Crippen molar-refractivity contribution in [2.24, 2.45) is 11.8 Å². The summed E-state index contributed by atoms with van der Waals surface area (Å²) in [6, 6.07) is 16.3. The van der Waals surface area contributed by atoms with E-state index >= 15 is 0 Å². The number of carbonyl (C=O) groups is 1. The molecule has 0 spiro atoms. The Balaban J connectivity index is 1.62. The van der Waals surface area contributed by atoms with Crippen molar-refractivity contribution in [1.29, 1.82) is 0 Å². The highest BCUT2D eigenvalue weighted by atomic mass is 35.5. The Morgan fingerprint density at radius 2 is 1.54 bits per heavy atom. The van der Waals surface area contributed by atoms with E-state index in [2.05, 4.69) is 29.2 Å². The van der Waals surface area contributed by atoms with Gasteiger partial charge in [0.1, 0.15) is 0 Å². The van der Waals surface area contributed by atoms with Gasteiger partial charge in [-0.05, 0) is 79.0 Å². The minimum atomic E-state index is -0.0283. The molecule has 1 unspecified atom stereocenters. The molecule has 0 aromatic heterocycles. The summed E-state index contributed by atoms with van der Waals surface area (Å²) in [4.78, 5) is 15.4. The number of carbonyl (C=O) groups excluding carboxylic acids is 1. The minimum Gasteiger partial charge on any atom is -0.328 e. The molecular weight excluding hydrogens is 389 g/mol. The lowest BCUT2D eigenvalue weighted by Gasteiger charge is -2.44. The SMILES string of the molecule is O=C1C=CC(c2cccc(Cl)c2)[C@@H](c2ccc(Cl)cc2)N1C(C1CC1)C1CC1. The normalized spacial score (nSPS) is 24.8. The van der Waals surface area contributed by atoms with Crippen LogP contribution in [-0.2, 0) is 4.79 Å². The fraction of sp³-hybridized carbons (Fsp3) is 0.375. The van der Waals surface area contributed by atoms with Gasteiger partial charge < -0.3 is 4.90 Å². The van der Waals surface area contributed by atoms with E-state index in [1.54, 1.807) is 6.08 Å². The Morgan fingerprint density at radius 1 is 0.857 bits per heavy atom. The second kappa shape index (κ2) is 7.24. The predicted octanol–water partition coefficient (Wildman–Crippen LogP) is 6.41. The maximum absolute atomic E-state index is 13.2. The second-order valence-corrected chi connectivity index (χ2v) is 9.22. The number of rotatable bonds is 5. The second-order valence-electron chi connectivity index (χ2n) is 8.35. The first kappa shape index (κ1) is 18.3. The van der Waals surface area contributed by atoms with Crippen LogP contribution >= 0.6 is 23.2 Å². The van der Waals surface area contributed by atoms with Crippen molar-refractivity contribution in [3.05, 3.63) is 81.9 Å². The van der Waals surface area contributed by atoms with E-state index in [4.69, 9.17) is 23.2 Å². The summed E-state index contributed by atoms with van der Waals surface area (Å²) in [5.74, 6) is 1.52. The maximum atomic E-state index is 13.2. The van der Waals surface area contributed by atoms with Gasteiger partial charge in [0.25, 0.3) is 0 Å². The van der Waals surface area contributed by atoms with Crippen LogP contribution in [0.1, 0.15) is 48.8 Å². The molecule has 2 aromatic carbocycles. The number of hydrogen-bond donors (Lipinski definition) is 0. The van der Waals surface area contributed by atoms with Crippen LogP contribution in [-0.4, -0.2) is 16.8 Å². The van der Waals surface area contributed by atoms with Gasteiger partial charge in [0.15, 0.2) is 0 Å². The van der Waals surface area contributed by atoms with Crippen LogP contribution in [0.15, 0.2) is 60.7 Å². The molecule has 4 heteroatoms. The fourth-order valence-electron chi connectivity index (χ4n) is 4.77. The van der Waals surface area contributed by atoms with Gasteiger partial charge in [0.2, 0.25) is 5.91 Å². The monoisotopic (exact) mass is 411 g/mol. The number of halogens is 2. The Kier molecular flexibility index (Phi) is 4.72. The first-order valence-corrected chi connectivity index (χ1v) is 10.9. The van der Waals surface area contributed by atoms with Crippen molar-refractivity contribution < 1.29 is 4.79 Å². The van der Waals surface area contributed by atoms with Gasteiger partial charge in [-0.2, -0.15) is 0 Å². The summed E-state index contributed by atoms with van der Waals surface area (Å²) in [6.07, 6.45) is 8.79. The molecule has 1 amide bonds. The van der Waals surface area contributed by atoms with Crippen LogP contribution in [0, 0.1) is 11.8 Å². The highest BCUT2D eigenvalue weighted by Crippen LogP contribution is 2.52. The number of hydrogen-bond acceptors (Lipinski definition) is 1. The molecule has 3 aliphatic rings. The largest absolute Gasteiger partial charge is 0.328 e. The summed E-state index contributed by atoms with van der Waals surface area (Å²) < 4.78 is 0. The van der Waals surface area contributed by atoms with Gasteiger partial charge in [-0.15, -0.1) is 0 Å². The summed E-state index contributed by atoms with van der Waals surface area (Å²) in [6.45, 7) is 0. The zero-order chi connectivity index (χ0) is 19.3. The molecule has 2 fully saturated rings. The fourth-order valence-corrected chi connectivity index (χ4v) is 5.09. The van der Waals surface area contributed by atoms with Crippen molar-refractivity contribution in [1.82, 2.24) is 4.90 Å². The third-order valence-corrected chi connectivity index (χ3v) is 6.80. The smallest absolute Gasteiger partial charge is 0.247 e. The lowest BCUT2D eigenvalue weighted by atomic mass is 9.81. The molecule has 2 saturated carbocycles. The van der Waals surface area contributed by atoms with E-state index < -0.39 is 0 Å². The Hall–Kier alpha value is -1.77. The van der Waals surface area contributed by atoms with E-state index in [0.29, 0.717) is 22.9 Å². The standard InChI is InChI=1S/C24H23Cl2NO/c25-19-10-8-17(9-11-19)24-21(18-2-1-3-20(26)14-18)12-13-22(28)27(24)23(15-4-5-15)16-6-7-16/h1-3,8-16,21,23-24H,4-7H2/t21?,24-/m1/s1. The van der Waals surface area contributed by atoms with E-state index in [0.717, 1.165) is 16.1 Å². The molecule has 5 rings (SSSR count). The van der Waals surface area contributed by atoms with Crippen LogP contribution in [0.3, 0.4) is 0 Å². The zero-order valence-corrected chi connectivity index (χ0v) is 17.1. The highest BCUT2D eigenvalue weighted by molar-refractivity contribution is 6.30. The molecule has 0 saturated heterocycles. The van der Waals surface area contributed by atoms with Crippen molar-refractivity contribution in [2.45, 2.75) is 43.7 Å². The van der Waals surface area contributed by atoms with Crippen LogP contribution in [0.4, 0.5) is 0 Å². The third-order valence-electron chi connectivity index (χ3n) is 6.32. The van der Waals surface area contributed by atoms with Crippen molar-refractivity contribution >= 4 is 29.1 Å². The van der Waals surface area contributed by atoms with Gasteiger partial charge in [-0.3, -0.25) is 4.79 Å². The average Bonchev–Trinajstić information content (AvgIpc) is 3.59. The topological polar surface area (TPSA) is 20.3 Å². The van der Waals surface area contributed by atoms with Gasteiger partial charge in [-0.1, -0.05) is 53.5 Å². The predicted molar refractivity (Wildman–Crippen MR) is 114 cm³/mol. The van der Waals surface area contributed by atoms with Crippen LogP contribution in [0.5, 0.6) is 0 Å². The van der Waals surface area contributed by atoms with E-state index in [1.165, 1.54) is 25.7 Å². The summed E-state index contributed by atoms with van der Waals surface area (Å²) in [7, 11) is 0. The van der Waals surface area contributed by atoms with Crippen LogP contribution < -0.4 is 0 Å². The van der Waals surface area contributed by atoms with Crippen molar-refractivity contribution in [3.63, 3.8) is 0 Å². The molecule has 2 nitrogen and oxygen atoms in total. The average molecular weight is 412 g/mol. The molecule has 144 valence electrons. The number of benzene rings is 2. The van der Waals surface area contributed by atoms with Crippen molar-refractivity contribution in [3.8, 4) is 0 Å². The summed E-state index contributed by atoms with van der Waals surface area (Å²) in [5.41, 5.74) is 2.28. The molecular formula is C24H23Cl2NO. The lowest BCUT2D eigenvalue weighted by Crippen LogP contribution is -2.48. The maximum Gasteiger partial charge on any atom is 0.247 e. The Bertz CT molecular complexity index is 902. The summed E-state index contributed by atoms with van der Waals surface area (Å²) >= 11 is 12.5. The van der Waals surface area contributed by atoms with Gasteiger partial charge >= 0.3 is 0 Å². The zero-order valence-electron chi connectivity index (χ0n) is 15.6. The highest BCUT2D eigenvalue weighted by Gasteiger charge is 2.50. The number of nitrogens with zero attached hydrogens (tertiary/aromatic N) is 1. The quantitative estimate of drug-likeness (QED) is 0.556. The Morgan fingerprint density at radius 3 is 2.14 bits per heavy atom. The third kappa shape index (κ3) is 3.49. The Labute approximate surface area is 176 Å². The van der Waals surface area contributed by atoms with Gasteiger partial charge in [-0.25, -0.2) is 0 Å². The van der Waals surface area contributed by atoms with E-state index in [-0.39, 0.29) is 17.9 Å². The first-order valence-electron chi connectivity index (χ1n) is 10.1.